The van der Waals surface area contributed by atoms with Crippen molar-refractivity contribution in [3.63, 3.8) is 0 Å². The summed E-state index contributed by atoms with van der Waals surface area (Å²) in [6.45, 7) is 0.967. The molecule has 0 atom stereocenters. The molecule has 3 N–H and O–H groups in total. The van der Waals surface area contributed by atoms with Crippen LogP contribution in [-0.2, 0) is 26.5 Å². The first kappa shape index (κ1) is 24.3. The van der Waals surface area contributed by atoms with Crippen LogP contribution in [0.3, 0.4) is 0 Å². The number of likely N-dealkylation sites (tertiary alicyclic amines) is 1. The third-order valence-electron chi connectivity index (χ3n) is 5.95. The Morgan fingerprint density at radius 1 is 0.824 bits per heavy atom. The van der Waals surface area contributed by atoms with Gasteiger partial charge in [-0.25, -0.2) is 26.7 Å². The van der Waals surface area contributed by atoms with E-state index in [4.69, 9.17) is 5.14 Å². The highest BCUT2D eigenvalue weighted by Crippen LogP contribution is 2.32. The molecule has 1 saturated heterocycles. The number of primary sulfonamides is 1. The number of nitrogens with two attached hydrogens (primary N) is 1. The Kier molecular flexibility index (Phi) is 6.72. The first-order chi connectivity index (χ1) is 16.1. The Hall–Kier alpha value is -2.86. The lowest BCUT2D eigenvalue weighted by Crippen LogP contribution is -2.41. The maximum atomic E-state index is 13.3. The molecule has 1 fully saturated rings. The van der Waals surface area contributed by atoms with E-state index in [0.29, 0.717) is 18.7 Å². The van der Waals surface area contributed by atoms with Crippen molar-refractivity contribution in [1.29, 1.82) is 0 Å². The number of hydrogen-bond donors (Lipinski definition) is 2. The van der Waals surface area contributed by atoms with Gasteiger partial charge in [0.15, 0.2) is 4.91 Å². The van der Waals surface area contributed by atoms with E-state index < -0.39 is 36.5 Å². The minimum Gasteiger partial charge on any atom is -0.367 e. The number of Topliss-reactive ketones (excluding diaryl/α,β-unsaturated/α-hetero) is 2. The smallest absolute Gasteiger partial charge is 0.246 e. The minimum absolute atomic E-state index is 0.0434. The predicted octanol–water partition coefficient (Wildman–Crippen LogP) is 1.57. The van der Waals surface area contributed by atoms with Crippen molar-refractivity contribution in [2.24, 2.45) is 5.14 Å². The molecule has 9 nitrogen and oxygen atoms in total. The standard InChI is InChI=1S/C23H25N3O6S2/c24-33(29,30)17-10-8-16(9-11-17)12-13-25-34(31,32)23-20(26-14-4-1-5-15-26)21(27)18-6-2-3-7-19(18)22(23)28/h2-3,6-11,25H,1,4-5,12-15H2,(H2,24,29,30). The Bertz CT molecular complexity index is 1370. The molecule has 0 radical (unpaired) electrons. The number of piperidine rings is 1. The normalized spacial score (nSPS) is 17.1. The maximum absolute atomic E-state index is 13.3. The number of nitrogens with one attached hydrogen (secondary N) is 1. The molecule has 2 aliphatic rings. The molecular weight excluding hydrogens is 478 g/mol. The minimum atomic E-state index is -4.31. The number of ketones is 2. The number of carbonyl (C=O) groups is 2. The second-order valence-corrected chi connectivity index (χ2v) is 11.5. The van der Waals surface area contributed by atoms with E-state index in [2.05, 4.69) is 4.72 Å². The monoisotopic (exact) mass is 503 g/mol. The lowest BCUT2D eigenvalue weighted by Gasteiger charge is -2.33. The van der Waals surface area contributed by atoms with E-state index in [1.807, 2.05) is 0 Å². The van der Waals surface area contributed by atoms with Crippen LogP contribution >= 0.6 is 0 Å². The van der Waals surface area contributed by atoms with Crippen molar-refractivity contribution in [3.8, 4) is 0 Å². The number of benzene rings is 2. The first-order valence-corrected chi connectivity index (χ1v) is 13.9. The van der Waals surface area contributed by atoms with Gasteiger partial charge in [-0.1, -0.05) is 36.4 Å². The second-order valence-electron chi connectivity index (χ2n) is 8.27. The summed E-state index contributed by atoms with van der Waals surface area (Å²) in [7, 11) is -8.13. The summed E-state index contributed by atoms with van der Waals surface area (Å²) < 4.78 is 51.9. The molecule has 0 unspecified atom stereocenters. The van der Waals surface area contributed by atoms with Crippen molar-refractivity contribution >= 4 is 31.6 Å². The number of carbonyl (C=O) groups excluding carboxylic acids is 2. The van der Waals surface area contributed by atoms with Crippen LogP contribution in [0.2, 0.25) is 0 Å². The zero-order valence-corrected chi connectivity index (χ0v) is 20.0. The van der Waals surface area contributed by atoms with Gasteiger partial charge in [-0.3, -0.25) is 9.59 Å². The van der Waals surface area contributed by atoms with Crippen LogP contribution in [-0.4, -0.2) is 52.9 Å². The van der Waals surface area contributed by atoms with Gasteiger partial charge in [0.05, 0.1) is 4.90 Å². The van der Waals surface area contributed by atoms with Crippen molar-refractivity contribution in [2.75, 3.05) is 19.6 Å². The number of nitrogens with zero attached hydrogens (tertiary/aromatic N) is 1. The van der Waals surface area contributed by atoms with Gasteiger partial charge in [0, 0.05) is 30.8 Å². The average molecular weight is 504 g/mol. The summed E-state index contributed by atoms with van der Waals surface area (Å²) in [5.74, 6) is -1.16. The SMILES string of the molecule is NS(=O)(=O)c1ccc(CCNS(=O)(=O)C2=C(N3CCCCC3)C(=O)c3ccccc3C2=O)cc1. The topological polar surface area (TPSA) is 144 Å². The fraction of sp³-hybridized carbons (Fsp3) is 0.304. The molecule has 1 heterocycles. The molecule has 11 heteroatoms. The summed E-state index contributed by atoms with van der Waals surface area (Å²) in [5, 5.41) is 5.09. The number of fused-ring (bicyclic) bond motifs is 1. The Balaban J connectivity index is 1.62. The van der Waals surface area contributed by atoms with Gasteiger partial charge in [-0.15, -0.1) is 0 Å². The van der Waals surface area contributed by atoms with Gasteiger partial charge in [0.2, 0.25) is 31.6 Å². The van der Waals surface area contributed by atoms with Gasteiger partial charge in [0.25, 0.3) is 0 Å². The summed E-state index contributed by atoms with van der Waals surface area (Å²) >= 11 is 0. The van der Waals surface area contributed by atoms with Gasteiger partial charge in [-0.2, -0.15) is 0 Å². The van der Waals surface area contributed by atoms with Crippen LogP contribution in [0.5, 0.6) is 0 Å². The van der Waals surface area contributed by atoms with Gasteiger partial charge < -0.3 is 4.90 Å². The van der Waals surface area contributed by atoms with E-state index in [1.54, 1.807) is 23.1 Å². The molecular formula is C23H25N3O6S2. The average Bonchev–Trinajstić information content (AvgIpc) is 2.81. The first-order valence-electron chi connectivity index (χ1n) is 10.9. The van der Waals surface area contributed by atoms with E-state index in [1.165, 1.54) is 30.3 Å². The Labute approximate surface area is 198 Å². The molecule has 2 aromatic carbocycles. The molecule has 0 amide bonds. The van der Waals surface area contributed by atoms with Crippen molar-refractivity contribution in [3.05, 3.63) is 75.8 Å². The molecule has 2 aromatic rings. The number of rotatable bonds is 7. The maximum Gasteiger partial charge on any atom is 0.246 e. The van der Waals surface area contributed by atoms with Crippen LogP contribution in [0, 0.1) is 0 Å². The van der Waals surface area contributed by atoms with Gasteiger partial charge in [0.1, 0.15) is 5.70 Å². The third-order valence-corrected chi connectivity index (χ3v) is 8.38. The molecule has 1 aliphatic carbocycles. The predicted molar refractivity (Wildman–Crippen MR) is 126 cm³/mol. The fourth-order valence-corrected chi connectivity index (χ4v) is 6.10. The molecule has 34 heavy (non-hydrogen) atoms. The second kappa shape index (κ2) is 9.41. The fourth-order valence-electron chi connectivity index (χ4n) is 4.24. The molecule has 0 aromatic heterocycles. The van der Waals surface area contributed by atoms with E-state index in [0.717, 1.165) is 19.3 Å². The lowest BCUT2D eigenvalue weighted by molar-refractivity contribution is 0.0939. The van der Waals surface area contributed by atoms with Crippen LogP contribution in [0.25, 0.3) is 0 Å². The molecule has 180 valence electrons. The van der Waals surface area contributed by atoms with E-state index in [9.17, 15) is 26.4 Å². The lowest BCUT2D eigenvalue weighted by atomic mass is 9.91. The van der Waals surface area contributed by atoms with Gasteiger partial charge >= 0.3 is 0 Å². The zero-order chi connectivity index (χ0) is 24.5. The van der Waals surface area contributed by atoms with Crippen molar-refractivity contribution in [2.45, 2.75) is 30.6 Å². The van der Waals surface area contributed by atoms with Gasteiger partial charge in [-0.05, 0) is 43.4 Å². The quantitative estimate of drug-likeness (QED) is 0.584. The highest BCUT2D eigenvalue weighted by Gasteiger charge is 2.41. The summed E-state index contributed by atoms with van der Waals surface area (Å²) in [4.78, 5) is 27.8. The Morgan fingerprint density at radius 3 is 2.00 bits per heavy atom. The van der Waals surface area contributed by atoms with Crippen LogP contribution in [0.15, 0.2) is 64.0 Å². The van der Waals surface area contributed by atoms with Crippen LogP contribution in [0.1, 0.15) is 45.5 Å². The highest BCUT2D eigenvalue weighted by molar-refractivity contribution is 7.94. The zero-order valence-electron chi connectivity index (χ0n) is 18.4. The molecule has 0 saturated carbocycles. The van der Waals surface area contributed by atoms with Crippen molar-refractivity contribution < 1.29 is 26.4 Å². The number of sulfonamides is 2. The van der Waals surface area contributed by atoms with E-state index >= 15 is 0 Å². The molecule has 0 spiro atoms. The summed E-state index contributed by atoms with van der Waals surface area (Å²) in [5.41, 5.74) is 0.902. The number of allylic oxidation sites excluding steroid dienone is 2. The highest BCUT2D eigenvalue weighted by atomic mass is 32.2. The van der Waals surface area contributed by atoms with Crippen LogP contribution in [0.4, 0.5) is 0 Å². The van der Waals surface area contributed by atoms with E-state index in [-0.39, 0.29) is 34.7 Å². The third kappa shape index (κ3) is 4.83. The molecule has 0 bridgehead atoms. The molecule has 4 rings (SSSR count). The van der Waals surface area contributed by atoms with Crippen LogP contribution < -0.4 is 9.86 Å². The summed E-state index contributed by atoms with van der Waals surface area (Å²) in [6, 6.07) is 12.0. The number of hydrogen-bond acceptors (Lipinski definition) is 7. The Morgan fingerprint density at radius 2 is 1.41 bits per heavy atom. The van der Waals surface area contributed by atoms with Crippen molar-refractivity contribution in [1.82, 2.24) is 9.62 Å². The largest absolute Gasteiger partial charge is 0.367 e. The summed E-state index contributed by atoms with van der Waals surface area (Å²) in [6.07, 6.45) is 2.84. The molecule has 1 aliphatic heterocycles.